The van der Waals surface area contributed by atoms with Crippen LogP contribution in [0.1, 0.15) is 17.5 Å². The molecule has 3 rings (SSSR count). The smallest absolute Gasteiger partial charge is 0.331 e. The first-order chi connectivity index (χ1) is 14.6. The fraction of sp³-hybridized carbons (Fsp3) is 0.261. The zero-order valence-electron chi connectivity index (χ0n) is 16.7. The second kappa shape index (κ2) is 10.1. The van der Waals surface area contributed by atoms with Gasteiger partial charge in [0.2, 0.25) is 0 Å². The quantitative estimate of drug-likeness (QED) is 0.518. The Hall–Kier alpha value is -3.79. The SMILES string of the molecule is COc1cc(C=CC(=O)OCC(=O)N2CCCc3ccccc32)ccc1OCC#N. The number of rotatable bonds is 7. The zero-order chi connectivity index (χ0) is 21.3. The van der Waals surface area contributed by atoms with Crippen molar-refractivity contribution in [1.29, 1.82) is 5.26 Å². The number of hydrogen-bond acceptors (Lipinski definition) is 6. The Kier molecular flexibility index (Phi) is 7.06. The summed E-state index contributed by atoms with van der Waals surface area (Å²) in [5.41, 5.74) is 2.69. The third-order valence-electron chi connectivity index (χ3n) is 4.64. The topological polar surface area (TPSA) is 88.9 Å². The normalized spacial score (nSPS) is 12.7. The van der Waals surface area contributed by atoms with E-state index in [9.17, 15) is 9.59 Å². The van der Waals surface area contributed by atoms with E-state index < -0.39 is 5.97 Å². The molecule has 154 valence electrons. The number of nitrogens with zero attached hydrogens (tertiary/aromatic N) is 2. The highest BCUT2D eigenvalue weighted by Gasteiger charge is 2.22. The van der Waals surface area contributed by atoms with E-state index in [0.717, 1.165) is 24.1 Å². The average Bonchev–Trinajstić information content (AvgIpc) is 2.79. The Morgan fingerprint density at radius 1 is 1.20 bits per heavy atom. The monoisotopic (exact) mass is 406 g/mol. The van der Waals surface area contributed by atoms with Crippen LogP contribution >= 0.6 is 0 Å². The summed E-state index contributed by atoms with van der Waals surface area (Å²) in [5.74, 6) is 0.0212. The first-order valence-electron chi connectivity index (χ1n) is 9.53. The van der Waals surface area contributed by atoms with Crippen LogP contribution < -0.4 is 14.4 Å². The Bertz CT molecular complexity index is 993. The number of para-hydroxylation sites is 1. The number of fused-ring (bicyclic) bond motifs is 1. The maximum Gasteiger partial charge on any atom is 0.331 e. The third kappa shape index (κ3) is 5.17. The van der Waals surface area contributed by atoms with Gasteiger partial charge in [-0.25, -0.2) is 4.79 Å². The summed E-state index contributed by atoms with van der Waals surface area (Å²) in [6.45, 7) is 0.207. The van der Waals surface area contributed by atoms with Crippen LogP contribution in [0.3, 0.4) is 0 Å². The van der Waals surface area contributed by atoms with Gasteiger partial charge >= 0.3 is 5.97 Å². The highest BCUT2D eigenvalue weighted by Crippen LogP contribution is 2.29. The molecule has 1 heterocycles. The number of nitriles is 1. The predicted octanol–water partition coefficient (Wildman–Crippen LogP) is 3.13. The van der Waals surface area contributed by atoms with Crippen molar-refractivity contribution < 1.29 is 23.8 Å². The maximum atomic E-state index is 12.5. The lowest BCUT2D eigenvalue weighted by Gasteiger charge is -2.29. The highest BCUT2D eigenvalue weighted by molar-refractivity contribution is 5.97. The molecule has 2 aromatic carbocycles. The summed E-state index contributed by atoms with van der Waals surface area (Å²) in [5, 5.41) is 8.61. The van der Waals surface area contributed by atoms with E-state index in [2.05, 4.69) is 0 Å². The zero-order valence-corrected chi connectivity index (χ0v) is 16.7. The highest BCUT2D eigenvalue weighted by atomic mass is 16.5. The fourth-order valence-corrected chi connectivity index (χ4v) is 3.23. The number of ether oxygens (including phenoxy) is 3. The fourth-order valence-electron chi connectivity index (χ4n) is 3.23. The average molecular weight is 406 g/mol. The largest absolute Gasteiger partial charge is 0.493 e. The van der Waals surface area contributed by atoms with Crippen LogP contribution in [-0.2, 0) is 20.7 Å². The number of carbonyl (C=O) groups is 2. The molecule has 0 aromatic heterocycles. The van der Waals surface area contributed by atoms with Crippen LogP contribution in [0.25, 0.3) is 6.08 Å². The molecule has 0 unspecified atom stereocenters. The minimum absolute atomic E-state index is 0.0899. The van der Waals surface area contributed by atoms with Gasteiger partial charge in [-0.3, -0.25) is 4.79 Å². The second-order valence-corrected chi connectivity index (χ2v) is 6.58. The number of esters is 1. The van der Waals surface area contributed by atoms with Crippen LogP contribution in [-0.4, -0.2) is 38.7 Å². The number of aryl methyl sites for hydroxylation is 1. The van der Waals surface area contributed by atoms with E-state index >= 15 is 0 Å². The third-order valence-corrected chi connectivity index (χ3v) is 4.64. The predicted molar refractivity (Wildman–Crippen MR) is 111 cm³/mol. The summed E-state index contributed by atoms with van der Waals surface area (Å²) >= 11 is 0. The first-order valence-corrected chi connectivity index (χ1v) is 9.53. The minimum atomic E-state index is -0.614. The molecule has 0 saturated carbocycles. The summed E-state index contributed by atoms with van der Waals surface area (Å²) in [6.07, 6.45) is 4.63. The van der Waals surface area contributed by atoms with Crippen LogP contribution in [0.4, 0.5) is 5.69 Å². The molecule has 0 aliphatic carbocycles. The Labute approximate surface area is 175 Å². The van der Waals surface area contributed by atoms with Crippen molar-refractivity contribution in [1.82, 2.24) is 0 Å². The molecular formula is C23H22N2O5. The Balaban J connectivity index is 1.57. The molecule has 0 atom stereocenters. The van der Waals surface area contributed by atoms with Gasteiger partial charge in [0.15, 0.2) is 24.7 Å². The number of benzene rings is 2. The van der Waals surface area contributed by atoms with E-state index in [1.807, 2.05) is 30.3 Å². The Morgan fingerprint density at radius 2 is 2.03 bits per heavy atom. The van der Waals surface area contributed by atoms with E-state index in [0.29, 0.717) is 23.6 Å². The van der Waals surface area contributed by atoms with Gasteiger partial charge in [0, 0.05) is 18.3 Å². The van der Waals surface area contributed by atoms with Crippen LogP contribution in [0, 0.1) is 11.3 Å². The van der Waals surface area contributed by atoms with E-state index in [4.69, 9.17) is 19.5 Å². The number of anilines is 1. The summed E-state index contributed by atoms with van der Waals surface area (Å²) < 4.78 is 15.6. The molecule has 0 spiro atoms. The van der Waals surface area contributed by atoms with Crippen molar-refractivity contribution in [3.8, 4) is 17.6 Å². The molecule has 0 N–H and O–H groups in total. The van der Waals surface area contributed by atoms with Crippen molar-refractivity contribution >= 4 is 23.6 Å². The molecule has 0 radical (unpaired) electrons. The minimum Gasteiger partial charge on any atom is -0.493 e. The van der Waals surface area contributed by atoms with Gasteiger partial charge < -0.3 is 19.1 Å². The van der Waals surface area contributed by atoms with Crippen LogP contribution in [0.2, 0.25) is 0 Å². The van der Waals surface area contributed by atoms with E-state index in [-0.39, 0.29) is 19.1 Å². The molecule has 0 fully saturated rings. The molecule has 1 aliphatic heterocycles. The summed E-state index contributed by atoms with van der Waals surface area (Å²) in [4.78, 5) is 26.2. The van der Waals surface area contributed by atoms with Gasteiger partial charge in [0.05, 0.1) is 7.11 Å². The Morgan fingerprint density at radius 3 is 2.83 bits per heavy atom. The molecule has 7 nitrogen and oxygen atoms in total. The van der Waals surface area contributed by atoms with Crippen LogP contribution in [0.15, 0.2) is 48.5 Å². The number of carbonyl (C=O) groups excluding carboxylic acids is 2. The van der Waals surface area contributed by atoms with Gasteiger partial charge in [-0.15, -0.1) is 0 Å². The molecule has 0 saturated heterocycles. The molecule has 1 amide bonds. The number of methoxy groups -OCH3 is 1. The molecule has 2 aromatic rings. The van der Waals surface area contributed by atoms with E-state index in [1.165, 1.54) is 13.2 Å². The number of amides is 1. The van der Waals surface area contributed by atoms with E-state index in [1.54, 1.807) is 29.2 Å². The number of hydrogen-bond donors (Lipinski definition) is 0. The van der Waals surface area contributed by atoms with Gasteiger partial charge in [-0.2, -0.15) is 5.26 Å². The van der Waals surface area contributed by atoms with Crippen molar-refractivity contribution in [3.63, 3.8) is 0 Å². The van der Waals surface area contributed by atoms with Gasteiger partial charge in [-0.05, 0) is 48.2 Å². The second-order valence-electron chi connectivity index (χ2n) is 6.58. The lowest BCUT2D eigenvalue weighted by atomic mass is 10.0. The lowest BCUT2D eigenvalue weighted by molar-refractivity contribution is -0.142. The maximum absolute atomic E-state index is 12.5. The molecule has 1 aliphatic rings. The lowest BCUT2D eigenvalue weighted by Crippen LogP contribution is -2.38. The summed E-state index contributed by atoms with van der Waals surface area (Å²) in [6, 6.07) is 14.7. The van der Waals surface area contributed by atoms with Crippen molar-refractivity contribution in [2.45, 2.75) is 12.8 Å². The summed E-state index contributed by atoms with van der Waals surface area (Å²) in [7, 11) is 1.49. The standard InChI is InChI=1S/C23H22N2O5/c1-28-21-15-17(8-10-20(21)29-14-12-24)9-11-23(27)30-16-22(26)25-13-4-6-18-5-2-3-7-19(18)25/h2-3,5,7-11,15H,4,6,13-14,16H2,1H3. The van der Waals surface area contributed by atoms with Gasteiger partial charge in [-0.1, -0.05) is 24.3 Å². The van der Waals surface area contributed by atoms with Crippen molar-refractivity contribution in [3.05, 3.63) is 59.7 Å². The van der Waals surface area contributed by atoms with Crippen LogP contribution in [0.5, 0.6) is 11.5 Å². The molecular weight excluding hydrogens is 384 g/mol. The van der Waals surface area contributed by atoms with Gasteiger partial charge in [0.25, 0.3) is 5.91 Å². The molecule has 0 bridgehead atoms. The molecule has 7 heteroatoms. The molecule has 30 heavy (non-hydrogen) atoms. The van der Waals surface area contributed by atoms with Gasteiger partial charge in [0.1, 0.15) is 6.07 Å². The first kappa shape index (κ1) is 20.9. The van der Waals surface area contributed by atoms with Crippen molar-refractivity contribution in [2.24, 2.45) is 0 Å². The van der Waals surface area contributed by atoms with Crippen molar-refractivity contribution in [2.75, 3.05) is 31.8 Å².